The molecule has 9 rings (SSSR count). The molecule has 2 aliphatic heterocycles. The largest absolute Gasteiger partial charge is 0.478 e. The first kappa shape index (κ1) is 45.1. The SMILES string of the molecule is Cl.Cl.Cl.Cl.Cl.Cl.Cl.Cl.O=C(O)c1cccc2c3nc4nc(nc5[nH]c(nc6nc(nc([nH]3)c12)-c1ccccc1-6)c1ccccc51)-c1ccccc1-4. The topological polar surface area (TPSA) is 146 Å². The molecular formula is C33H26Cl8N8O2. The van der Waals surface area contributed by atoms with Crippen LogP contribution in [0.3, 0.4) is 0 Å². The van der Waals surface area contributed by atoms with Gasteiger partial charge in [0.2, 0.25) is 0 Å². The first-order valence-corrected chi connectivity index (χ1v) is 13.6. The van der Waals surface area contributed by atoms with Crippen molar-refractivity contribution < 1.29 is 9.90 Å². The Kier molecular flexibility index (Phi) is 15.5. The molecular weight excluding hydrogens is 824 g/mol. The highest BCUT2D eigenvalue weighted by Crippen LogP contribution is 2.37. The summed E-state index contributed by atoms with van der Waals surface area (Å²) in [4.78, 5) is 48.5. The van der Waals surface area contributed by atoms with Crippen molar-refractivity contribution in [3.05, 3.63) is 96.6 Å². The molecule has 3 aromatic heterocycles. The van der Waals surface area contributed by atoms with Crippen molar-refractivity contribution in [2.75, 3.05) is 0 Å². The van der Waals surface area contributed by atoms with Crippen LogP contribution in [0.15, 0.2) is 91.0 Å². The zero-order valence-electron chi connectivity index (χ0n) is 25.5. The highest BCUT2D eigenvalue weighted by Gasteiger charge is 2.23. The number of halogens is 8. The summed E-state index contributed by atoms with van der Waals surface area (Å²) in [5.74, 6) is 0.791. The Morgan fingerprint density at radius 3 is 1.16 bits per heavy atom. The molecule has 4 aromatic carbocycles. The summed E-state index contributed by atoms with van der Waals surface area (Å²) in [7, 11) is 0. The van der Waals surface area contributed by atoms with Crippen LogP contribution in [0.5, 0.6) is 0 Å². The number of carboxylic acids is 1. The second-order valence-corrected chi connectivity index (χ2v) is 10.3. The van der Waals surface area contributed by atoms with E-state index in [1.54, 1.807) is 12.1 Å². The van der Waals surface area contributed by atoms with E-state index in [9.17, 15) is 9.90 Å². The summed E-state index contributed by atoms with van der Waals surface area (Å²) in [6.07, 6.45) is 0. The monoisotopic (exact) mass is 846 g/mol. The average Bonchev–Trinajstić information content (AvgIpc) is 3.76. The molecule has 266 valence electrons. The third-order valence-electron chi connectivity index (χ3n) is 7.81. The summed E-state index contributed by atoms with van der Waals surface area (Å²) >= 11 is 0. The Morgan fingerprint density at radius 1 is 0.412 bits per heavy atom. The van der Waals surface area contributed by atoms with Gasteiger partial charge in [-0.25, -0.2) is 34.7 Å². The number of aromatic amines is 2. The Balaban J connectivity index is 0.00000163. The van der Waals surface area contributed by atoms with Crippen LogP contribution in [0.1, 0.15) is 10.4 Å². The molecule has 18 heteroatoms. The third kappa shape index (κ3) is 7.24. The minimum atomic E-state index is -1.07. The molecule has 0 aliphatic carbocycles. The van der Waals surface area contributed by atoms with Crippen LogP contribution in [-0.2, 0) is 0 Å². The van der Waals surface area contributed by atoms with Crippen molar-refractivity contribution in [1.29, 1.82) is 0 Å². The maximum absolute atomic E-state index is 12.3. The number of hydrogen-bond acceptors (Lipinski definition) is 7. The minimum Gasteiger partial charge on any atom is -0.478 e. The molecule has 0 atom stereocenters. The molecule has 7 aromatic rings. The average molecular weight is 850 g/mol. The molecule has 51 heavy (non-hydrogen) atoms. The van der Waals surface area contributed by atoms with Crippen LogP contribution in [0.4, 0.5) is 0 Å². The maximum Gasteiger partial charge on any atom is 0.336 e. The molecule has 0 amide bonds. The normalized spacial score (nSPS) is 10.0. The molecule has 8 bridgehead atoms. The number of aromatic carboxylic acids is 1. The van der Waals surface area contributed by atoms with Crippen molar-refractivity contribution in [2.24, 2.45) is 0 Å². The van der Waals surface area contributed by atoms with E-state index in [0.29, 0.717) is 56.7 Å². The number of H-pyrrole nitrogens is 2. The maximum atomic E-state index is 12.3. The van der Waals surface area contributed by atoms with Gasteiger partial charge in [-0.15, -0.1) is 99.3 Å². The Bertz CT molecular complexity index is 2540. The zero-order chi connectivity index (χ0) is 28.7. The van der Waals surface area contributed by atoms with Gasteiger partial charge in [0.05, 0.1) is 5.56 Å². The summed E-state index contributed by atoms with van der Waals surface area (Å²) in [5, 5.41) is 12.9. The lowest BCUT2D eigenvalue weighted by Crippen LogP contribution is -1.96. The number of hydrogen-bond donors (Lipinski definition) is 3. The van der Waals surface area contributed by atoms with Crippen LogP contribution in [0, 0.1) is 0 Å². The Labute approximate surface area is 339 Å². The van der Waals surface area contributed by atoms with Gasteiger partial charge in [0.25, 0.3) is 0 Å². The van der Waals surface area contributed by atoms with E-state index in [1.165, 1.54) is 0 Å². The lowest BCUT2D eigenvalue weighted by molar-refractivity contribution is 0.0699. The van der Waals surface area contributed by atoms with Crippen molar-refractivity contribution in [3.63, 3.8) is 0 Å². The lowest BCUT2D eigenvalue weighted by Gasteiger charge is -1.98. The second-order valence-electron chi connectivity index (χ2n) is 10.3. The number of aromatic nitrogens is 8. The van der Waals surface area contributed by atoms with Gasteiger partial charge in [0.15, 0.2) is 23.3 Å². The predicted octanol–water partition coefficient (Wildman–Crippen LogP) is 9.94. The summed E-state index contributed by atoms with van der Waals surface area (Å²) in [5.41, 5.74) is 5.36. The molecule has 10 nitrogen and oxygen atoms in total. The van der Waals surface area contributed by atoms with Gasteiger partial charge in [-0.3, -0.25) is 0 Å². The highest BCUT2D eigenvalue weighted by atomic mass is 35.5. The molecule has 0 unspecified atom stereocenters. The van der Waals surface area contributed by atoms with Crippen LogP contribution in [0.2, 0.25) is 0 Å². The Morgan fingerprint density at radius 2 is 0.745 bits per heavy atom. The van der Waals surface area contributed by atoms with E-state index in [1.807, 2.05) is 78.9 Å². The fraction of sp³-hybridized carbons (Fsp3) is 0. The molecule has 2 aliphatic rings. The predicted molar refractivity (Wildman–Crippen MR) is 221 cm³/mol. The van der Waals surface area contributed by atoms with Crippen LogP contribution in [0.25, 0.3) is 89.7 Å². The molecule has 0 fully saturated rings. The minimum absolute atomic E-state index is 0. The standard InChI is InChI=1S/C33H18N8O2.8ClH/c42-33(43)23-15-7-14-22-24(23)32-40-30-21-13-6-5-12-20(21)28(38-30)36-26-17-9-2-1-8-16(17)25(34-26)35-27-18-10-3-4-11-19(18)29(37-27)39-31(22)41-32;;;;;;;;/h1-15H,(H,42,43)(H2,34,35,36,37,38,39,40,41);8*1H. The third-order valence-corrected chi connectivity index (χ3v) is 7.81. The molecule has 0 radical (unpaired) electrons. The van der Waals surface area contributed by atoms with Gasteiger partial charge < -0.3 is 15.1 Å². The van der Waals surface area contributed by atoms with Crippen LogP contribution >= 0.6 is 99.3 Å². The quantitative estimate of drug-likeness (QED) is 0.148. The fourth-order valence-corrected chi connectivity index (χ4v) is 5.87. The molecule has 3 N–H and O–H groups in total. The molecule has 0 saturated carbocycles. The van der Waals surface area contributed by atoms with Gasteiger partial charge >= 0.3 is 5.97 Å². The number of nitrogens with zero attached hydrogens (tertiary/aromatic N) is 6. The Hall–Kier alpha value is -3.97. The fourth-order valence-electron chi connectivity index (χ4n) is 5.87. The summed E-state index contributed by atoms with van der Waals surface area (Å²) in [6.45, 7) is 0. The number of fused-ring (bicyclic) bond motifs is 20. The van der Waals surface area contributed by atoms with E-state index < -0.39 is 5.97 Å². The second kappa shape index (κ2) is 17.5. The zero-order valence-corrected chi connectivity index (χ0v) is 32.0. The van der Waals surface area contributed by atoms with Crippen molar-refractivity contribution >= 4 is 149 Å². The number of carbonyl (C=O) groups is 1. The molecule has 5 heterocycles. The smallest absolute Gasteiger partial charge is 0.336 e. The highest BCUT2D eigenvalue weighted by molar-refractivity contribution is 6.15. The van der Waals surface area contributed by atoms with Crippen LogP contribution < -0.4 is 0 Å². The number of benzene rings is 4. The lowest BCUT2D eigenvalue weighted by atomic mass is 10.1. The van der Waals surface area contributed by atoms with E-state index in [0.717, 1.165) is 33.0 Å². The van der Waals surface area contributed by atoms with Gasteiger partial charge in [0.1, 0.15) is 22.6 Å². The molecule has 0 saturated heterocycles. The van der Waals surface area contributed by atoms with Crippen molar-refractivity contribution in [1.82, 2.24) is 39.9 Å². The van der Waals surface area contributed by atoms with Crippen LogP contribution in [-0.4, -0.2) is 50.9 Å². The summed E-state index contributed by atoms with van der Waals surface area (Å²) in [6, 6.07) is 28.5. The first-order valence-electron chi connectivity index (χ1n) is 13.6. The van der Waals surface area contributed by atoms with Gasteiger partial charge in [-0.1, -0.05) is 84.9 Å². The summed E-state index contributed by atoms with van der Waals surface area (Å²) < 4.78 is 0. The van der Waals surface area contributed by atoms with Gasteiger partial charge in [-0.2, -0.15) is 0 Å². The number of carboxylic acid groups (broad SMARTS) is 1. The van der Waals surface area contributed by atoms with E-state index in [2.05, 4.69) is 9.97 Å². The van der Waals surface area contributed by atoms with Crippen molar-refractivity contribution in [2.45, 2.75) is 0 Å². The van der Waals surface area contributed by atoms with Gasteiger partial charge in [0, 0.05) is 43.8 Å². The van der Waals surface area contributed by atoms with E-state index in [4.69, 9.17) is 29.9 Å². The van der Waals surface area contributed by atoms with Crippen molar-refractivity contribution in [3.8, 4) is 45.6 Å². The molecule has 0 spiro atoms. The van der Waals surface area contributed by atoms with E-state index in [-0.39, 0.29) is 105 Å². The van der Waals surface area contributed by atoms with Gasteiger partial charge in [-0.05, 0) is 6.07 Å². The number of rotatable bonds is 1. The van der Waals surface area contributed by atoms with E-state index >= 15 is 0 Å². The number of nitrogens with one attached hydrogen (secondary N) is 2. The first-order chi connectivity index (χ1) is 21.1.